The van der Waals surface area contributed by atoms with Gasteiger partial charge in [-0.1, -0.05) is 6.92 Å². The third-order valence-electron chi connectivity index (χ3n) is 3.64. The van der Waals surface area contributed by atoms with Crippen LogP contribution < -0.4 is 5.32 Å². The van der Waals surface area contributed by atoms with Crippen molar-refractivity contribution in [2.45, 2.75) is 51.1 Å². The molecule has 0 aromatic rings. The zero-order valence-corrected chi connectivity index (χ0v) is 11.6. The average molecular weight is 242 g/mol. The van der Waals surface area contributed by atoms with Gasteiger partial charge in [0.1, 0.15) is 5.54 Å². The minimum Gasteiger partial charge on any atom is -0.465 e. The first-order valence-electron chi connectivity index (χ1n) is 6.64. The maximum Gasteiger partial charge on any atom is 0.326 e. The highest BCUT2D eigenvalue weighted by Gasteiger charge is 2.43. The lowest BCUT2D eigenvalue weighted by molar-refractivity contribution is -0.153. The Hall–Kier alpha value is -0.610. The van der Waals surface area contributed by atoms with E-state index in [1.807, 2.05) is 13.8 Å². The predicted molar refractivity (Wildman–Crippen MR) is 69.0 cm³/mol. The number of esters is 1. The smallest absolute Gasteiger partial charge is 0.326 e. The predicted octanol–water partition coefficient (Wildman–Crippen LogP) is 1.40. The van der Waals surface area contributed by atoms with Crippen LogP contribution in [0, 0.1) is 0 Å². The van der Waals surface area contributed by atoms with Crippen molar-refractivity contribution < 1.29 is 9.53 Å². The molecular weight excluding hydrogens is 216 g/mol. The normalized spacial score (nSPS) is 29.4. The molecule has 1 fully saturated rings. The van der Waals surface area contributed by atoms with Gasteiger partial charge in [0.25, 0.3) is 0 Å². The molecule has 0 spiro atoms. The Morgan fingerprint density at radius 1 is 1.47 bits per heavy atom. The number of carbonyl (C=O) groups is 1. The molecule has 0 aromatic carbocycles. The summed E-state index contributed by atoms with van der Waals surface area (Å²) in [6, 6.07) is 0.465. The summed E-state index contributed by atoms with van der Waals surface area (Å²) in [6.07, 6.45) is 3.99. The lowest BCUT2D eigenvalue weighted by Gasteiger charge is -2.41. The first-order chi connectivity index (χ1) is 8.05. The fourth-order valence-corrected chi connectivity index (χ4v) is 2.71. The van der Waals surface area contributed by atoms with Crippen LogP contribution in [0.15, 0.2) is 0 Å². The van der Waals surface area contributed by atoms with Gasteiger partial charge >= 0.3 is 5.97 Å². The summed E-state index contributed by atoms with van der Waals surface area (Å²) in [5.41, 5.74) is -0.460. The molecule has 0 heterocycles. The highest BCUT2D eigenvalue weighted by Crippen LogP contribution is 2.31. The summed E-state index contributed by atoms with van der Waals surface area (Å²) in [5.74, 6) is -0.0756. The molecule has 0 radical (unpaired) electrons. The number of rotatable bonds is 5. The molecule has 1 aliphatic rings. The Morgan fingerprint density at radius 3 is 2.71 bits per heavy atom. The molecular formula is C13H26N2O2. The van der Waals surface area contributed by atoms with Gasteiger partial charge in [-0.2, -0.15) is 0 Å². The summed E-state index contributed by atoms with van der Waals surface area (Å²) in [4.78, 5) is 14.4. The number of ether oxygens (including phenoxy) is 1. The van der Waals surface area contributed by atoms with Gasteiger partial charge in [-0.15, -0.1) is 0 Å². The second-order valence-electron chi connectivity index (χ2n) is 5.05. The van der Waals surface area contributed by atoms with Gasteiger partial charge in [0.2, 0.25) is 0 Å². The Kier molecular flexibility index (Phi) is 5.40. The number of hydrogen-bond donors (Lipinski definition) is 1. The molecule has 2 atom stereocenters. The van der Waals surface area contributed by atoms with Crippen molar-refractivity contribution in [2.24, 2.45) is 0 Å². The summed E-state index contributed by atoms with van der Waals surface area (Å²) in [7, 11) is 4.16. The standard InChI is InChI=1S/C13H26N2O2/c1-5-14-13(12(16)17-6-2)9-7-8-11(10-13)15(3)4/h11,14H,5-10H2,1-4H3. The maximum atomic E-state index is 12.2. The number of likely N-dealkylation sites (N-methyl/N-ethyl adjacent to an activating group) is 1. The molecule has 100 valence electrons. The van der Waals surface area contributed by atoms with E-state index in [1.165, 1.54) is 6.42 Å². The summed E-state index contributed by atoms with van der Waals surface area (Å²) in [5, 5.41) is 3.37. The quantitative estimate of drug-likeness (QED) is 0.740. The van der Waals surface area contributed by atoms with Crippen molar-refractivity contribution in [3.63, 3.8) is 0 Å². The topological polar surface area (TPSA) is 41.6 Å². The Labute approximate surface area is 105 Å². The van der Waals surface area contributed by atoms with Gasteiger partial charge in [-0.3, -0.25) is 4.79 Å². The van der Waals surface area contributed by atoms with Crippen LogP contribution in [-0.4, -0.2) is 49.7 Å². The molecule has 4 nitrogen and oxygen atoms in total. The van der Waals surface area contributed by atoms with Crippen LogP contribution in [0.25, 0.3) is 0 Å². The van der Waals surface area contributed by atoms with E-state index < -0.39 is 5.54 Å². The third-order valence-corrected chi connectivity index (χ3v) is 3.64. The van der Waals surface area contributed by atoms with Gasteiger partial charge < -0.3 is 15.0 Å². The number of nitrogens with zero attached hydrogens (tertiary/aromatic N) is 1. The third kappa shape index (κ3) is 3.42. The molecule has 17 heavy (non-hydrogen) atoms. The maximum absolute atomic E-state index is 12.2. The van der Waals surface area contributed by atoms with Crippen LogP contribution in [0.2, 0.25) is 0 Å². The molecule has 1 N–H and O–H groups in total. The zero-order chi connectivity index (χ0) is 12.9. The summed E-state index contributed by atoms with van der Waals surface area (Å²) in [6.45, 7) is 5.17. The molecule has 1 aliphatic carbocycles. The van der Waals surface area contributed by atoms with Crippen LogP contribution >= 0.6 is 0 Å². The zero-order valence-electron chi connectivity index (χ0n) is 11.6. The van der Waals surface area contributed by atoms with Gasteiger partial charge in [0, 0.05) is 6.04 Å². The van der Waals surface area contributed by atoms with Gasteiger partial charge in [0.15, 0.2) is 0 Å². The van der Waals surface area contributed by atoms with Crippen molar-refractivity contribution >= 4 is 5.97 Å². The van der Waals surface area contributed by atoms with E-state index in [4.69, 9.17) is 4.74 Å². The second kappa shape index (κ2) is 6.36. The highest BCUT2D eigenvalue weighted by molar-refractivity contribution is 5.81. The van der Waals surface area contributed by atoms with Crippen LogP contribution in [0.3, 0.4) is 0 Å². The van der Waals surface area contributed by atoms with E-state index in [0.29, 0.717) is 12.6 Å². The largest absolute Gasteiger partial charge is 0.465 e. The molecule has 0 amide bonds. The van der Waals surface area contributed by atoms with Crippen LogP contribution in [0.4, 0.5) is 0 Å². The highest BCUT2D eigenvalue weighted by atomic mass is 16.5. The SMILES string of the molecule is CCNC1(C(=O)OCC)CCCC(N(C)C)C1. The Morgan fingerprint density at radius 2 is 2.18 bits per heavy atom. The van der Waals surface area contributed by atoms with Crippen molar-refractivity contribution in [1.82, 2.24) is 10.2 Å². The van der Waals surface area contributed by atoms with Crippen molar-refractivity contribution in [2.75, 3.05) is 27.2 Å². The molecule has 4 heteroatoms. The Balaban J connectivity index is 2.79. The van der Waals surface area contributed by atoms with Crippen LogP contribution in [0.1, 0.15) is 39.5 Å². The van der Waals surface area contributed by atoms with Crippen molar-refractivity contribution in [3.05, 3.63) is 0 Å². The minimum absolute atomic E-state index is 0.0756. The van der Waals surface area contributed by atoms with Gasteiger partial charge in [0.05, 0.1) is 6.61 Å². The molecule has 1 rings (SSSR count). The first kappa shape index (κ1) is 14.5. The van der Waals surface area contributed by atoms with Gasteiger partial charge in [-0.25, -0.2) is 0 Å². The molecule has 0 aromatic heterocycles. The van der Waals surface area contributed by atoms with Crippen molar-refractivity contribution in [1.29, 1.82) is 0 Å². The number of nitrogens with one attached hydrogen (secondary N) is 1. The van der Waals surface area contributed by atoms with Crippen molar-refractivity contribution in [3.8, 4) is 0 Å². The van der Waals surface area contributed by atoms with Gasteiger partial charge in [-0.05, 0) is 53.2 Å². The minimum atomic E-state index is -0.460. The van der Waals surface area contributed by atoms with Crippen LogP contribution in [-0.2, 0) is 9.53 Å². The van der Waals surface area contributed by atoms with Crippen LogP contribution in [0.5, 0.6) is 0 Å². The second-order valence-corrected chi connectivity index (χ2v) is 5.05. The number of carbonyl (C=O) groups excluding carboxylic acids is 1. The van der Waals surface area contributed by atoms with E-state index in [0.717, 1.165) is 25.8 Å². The molecule has 0 saturated heterocycles. The van der Waals surface area contributed by atoms with E-state index in [2.05, 4.69) is 24.3 Å². The lowest BCUT2D eigenvalue weighted by atomic mass is 9.78. The fourth-order valence-electron chi connectivity index (χ4n) is 2.71. The van der Waals surface area contributed by atoms with E-state index in [-0.39, 0.29) is 5.97 Å². The molecule has 0 bridgehead atoms. The lowest BCUT2D eigenvalue weighted by Crippen LogP contribution is -2.58. The van der Waals surface area contributed by atoms with E-state index in [1.54, 1.807) is 0 Å². The molecule has 1 saturated carbocycles. The Bertz CT molecular complexity index is 252. The van der Waals surface area contributed by atoms with E-state index in [9.17, 15) is 4.79 Å². The first-order valence-corrected chi connectivity index (χ1v) is 6.64. The van der Waals surface area contributed by atoms with E-state index >= 15 is 0 Å². The average Bonchev–Trinajstić information content (AvgIpc) is 2.30. The fraction of sp³-hybridized carbons (Fsp3) is 0.923. The number of hydrogen-bond acceptors (Lipinski definition) is 4. The monoisotopic (exact) mass is 242 g/mol. The summed E-state index contributed by atoms with van der Waals surface area (Å²) >= 11 is 0. The molecule has 0 aliphatic heterocycles. The molecule has 2 unspecified atom stereocenters. The summed E-state index contributed by atoms with van der Waals surface area (Å²) < 4.78 is 5.25.